The van der Waals surface area contributed by atoms with E-state index in [0.717, 1.165) is 19.3 Å². The molecule has 2 aliphatic rings. The van der Waals surface area contributed by atoms with Crippen LogP contribution in [0.3, 0.4) is 0 Å². The van der Waals surface area contributed by atoms with Crippen LogP contribution in [0.5, 0.6) is 0 Å². The van der Waals surface area contributed by atoms with Gasteiger partial charge in [-0.2, -0.15) is 0 Å². The summed E-state index contributed by atoms with van der Waals surface area (Å²) < 4.78 is 5.47. The minimum atomic E-state index is -1.50. The lowest BCUT2D eigenvalue weighted by atomic mass is 9.51. The van der Waals surface area contributed by atoms with Gasteiger partial charge in [0, 0.05) is 18.3 Å². The second kappa shape index (κ2) is 5.56. The molecule has 2 aliphatic carbocycles. The van der Waals surface area contributed by atoms with E-state index in [4.69, 9.17) is 4.74 Å². The molecule has 5 atom stereocenters. The third-order valence-electron chi connectivity index (χ3n) is 5.61. The van der Waals surface area contributed by atoms with Crippen LogP contribution in [-0.4, -0.2) is 29.1 Å². The standard InChI is InChI=1S/C17H26O4/c1-11-6-5-7-13-8-9-14(21-12(2)19)15(17(11,13)4)16(3,20)10-18/h7,10-11,14-15,20H,5-6,8-9H2,1-4H3/t11-,14-,15+,16+,17+/m0/s1. The van der Waals surface area contributed by atoms with Crippen molar-refractivity contribution in [3.63, 3.8) is 0 Å². The van der Waals surface area contributed by atoms with Crippen LogP contribution in [0.2, 0.25) is 0 Å². The number of rotatable bonds is 3. The molecular formula is C17H26O4. The highest BCUT2D eigenvalue weighted by Gasteiger charge is 2.57. The minimum Gasteiger partial charge on any atom is -0.462 e. The summed E-state index contributed by atoms with van der Waals surface area (Å²) in [6.07, 6.45) is 6.04. The SMILES string of the molecule is CC(=O)O[C@H]1CCC2=CCC[C@H](C)[C@@]2(C)[C@H]1[C@](C)(O)C=O. The third-order valence-corrected chi connectivity index (χ3v) is 5.61. The molecule has 0 bridgehead atoms. The molecule has 0 aromatic heterocycles. The maximum atomic E-state index is 11.5. The van der Waals surface area contributed by atoms with Gasteiger partial charge in [0.2, 0.25) is 0 Å². The summed E-state index contributed by atoms with van der Waals surface area (Å²) in [4.78, 5) is 22.9. The van der Waals surface area contributed by atoms with E-state index in [1.807, 2.05) is 0 Å². The minimum absolute atomic E-state index is 0.305. The summed E-state index contributed by atoms with van der Waals surface area (Å²) >= 11 is 0. The van der Waals surface area contributed by atoms with Gasteiger partial charge >= 0.3 is 5.97 Å². The van der Waals surface area contributed by atoms with Crippen molar-refractivity contribution in [2.24, 2.45) is 17.3 Å². The highest BCUT2D eigenvalue weighted by atomic mass is 16.5. The van der Waals surface area contributed by atoms with Gasteiger partial charge in [-0.15, -0.1) is 0 Å². The first kappa shape index (κ1) is 16.2. The molecule has 1 fully saturated rings. The Hall–Kier alpha value is -1.16. The molecule has 0 aromatic rings. The molecule has 0 aliphatic heterocycles. The summed E-state index contributed by atoms with van der Waals surface area (Å²) in [6, 6.07) is 0. The molecule has 0 heterocycles. The van der Waals surface area contributed by atoms with Crippen molar-refractivity contribution >= 4 is 12.3 Å². The van der Waals surface area contributed by atoms with Crippen molar-refractivity contribution in [1.29, 1.82) is 0 Å². The van der Waals surface area contributed by atoms with Crippen LogP contribution in [0.25, 0.3) is 0 Å². The first-order valence-corrected chi connectivity index (χ1v) is 7.79. The van der Waals surface area contributed by atoms with Crippen LogP contribution in [0, 0.1) is 17.3 Å². The fourth-order valence-electron chi connectivity index (χ4n) is 4.47. The average Bonchev–Trinajstić information content (AvgIpc) is 2.39. The van der Waals surface area contributed by atoms with E-state index < -0.39 is 17.6 Å². The number of hydrogen-bond acceptors (Lipinski definition) is 4. The quantitative estimate of drug-likeness (QED) is 0.494. The zero-order valence-electron chi connectivity index (χ0n) is 13.4. The fraction of sp³-hybridized carbons (Fsp3) is 0.765. The van der Waals surface area contributed by atoms with Gasteiger partial charge < -0.3 is 14.6 Å². The molecule has 118 valence electrons. The first-order valence-electron chi connectivity index (χ1n) is 7.79. The lowest BCUT2D eigenvalue weighted by Crippen LogP contribution is -2.58. The van der Waals surface area contributed by atoms with Crippen LogP contribution in [-0.2, 0) is 14.3 Å². The Labute approximate surface area is 126 Å². The molecule has 2 rings (SSSR count). The van der Waals surface area contributed by atoms with Crippen LogP contribution < -0.4 is 0 Å². The number of ether oxygens (including phenoxy) is 1. The lowest BCUT2D eigenvalue weighted by molar-refractivity contribution is -0.175. The van der Waals surface area contributed by atoms with E-state index in [9.17, 15) is 14.7 Å². The van der Waals surface area contributed by atoms with E-state index in [1.54, 1.807) is 0 Å². The van der Waals surface area contributed by atoms with Gasteiger partial charge in [0.1, 0.15) is 11.7 Å². The van der Waals surface area contributed by atoms with Crippen molar-refractivity contribution < 1.29 is 19.4 Å². The van der Waals surface area contributed by atoms with E-state index in [2.05, 4.69) is 19.9 Å². The zero-order valence-corrected chi connectivity index (χ0v) is 13.4. The summed E-state index contributed by atoms with van der Waals surface area (Å²) in [5.74, 6) is -0.417. The molecule has 0 saturated heterocycles. The summed E-state index contributed by atoms with van der Waals surface area (Å²) in [5.41, 5.74) is -0.502. The Bertz CT molecular complexity index is 465. The molecular weight excluding hydrogens is 268 g/mol. The Morgan fingerprint density at radius 1 is 1.52 bits per heavy atom. The number of fused-ring (bicyclic) bond motifs is 1. The van der Waals surface area contributed by atoms with Gasteiger partial charge in [-0.05, 0) is 38.5 Å². The van der Waals surface area contributed by atoms with Gasteiger partial charge in [0.25, 0.3) is 0 Å². The van der Waals surface area contributed by atoms with Gasteiger partial charge in [0.15, 0.2) is 6.29 Å². The topological polar surface area (TPSA) is 63.6 Å². The lowest BCUT2D eigenvalue weighted by Gasteiger charge is -2.55. The molecule has 1 N–H and O–H groups in total. The zero-order chi connectivity index (χ0) is 15.8. The molecule has 1 saturated carbocycles. The van der Waals surface area contributed by atoms with Crippen LogP contribution in [0.4, 0.5) is 0 Å². The summed E-state index contributed by atoms with van der Waals surface area (Å²) in [5, 5.41) is 10.7. The van der Waals surface area contributed by atoms with Crippen molar-refractivity contribution in [3.8, 4) is 0 Å². The monoisotopic (exact) mass is 294 g/mol. The third kappa shape index (κ3) is 2.66. The highest BCUT2D eigenvalue weighted by Crippen LogP contribution is 2.57. The van der Waals surface area contributed by atoms with Crippen molar-refractivity contribution in [2.45, 2.75) is 65.1 Å². The van der Waals surface area contributed by atoms with Crippen molar-refractivity contribution in [2.75, 3.05) is 0 Å². The maximum absolute atomic E-state index is 11.5. The van der Waals surface area contributed by atoms with Crippen LogP contribution in [0.1, 0.15) is 53.4 Å². The van der Waals surface area contributed by atoms with Gasteiger partial charge in [-0.3, -0.25) is 4.79 Å². The molecule has 21 heavy (non-hydrogen) atoms. The van der Waals surface area contributed by atoms with E-state index in [-0.39, 0.29) is 11.4 Å². The predicted octanol–water partition coefficient (Wildman–Crippen LogP) is 2.64. The summed E-state index contributed by atoms with van der Waals surface area (Å²) in [6.45, 7) is 7.19. The van der Waals surface area contributed by atoms with E-state index >= 15 is 0 Å². The number of aliphatic hydroxyl groups is 1. The van der Waals surface area contributed by atoms with Gasteiger partial charge in [0.05, 0.1) is 0 Å². The van der Waals surface area contributed by atoms with Gasteiger partial charge in [-0.1, -0.05) is 25.5 Å². The molecule has 0 radical (unpaired) electrons. The Kier molecular flexibility index (Phi) is 4.29. The molecule has 0 amide bonds. The molecule has 0 spiro atoms. The van der Waals surface area contributed by atoms with Crippen molar-refractivity contribution in [1.82, 2.24) is 0 Å². The van der Waals surface area contributed by atoms with Crippen LogP contribution in [0.15, 0.2) is 11.6 Å². The van der Waals surface area contributed by atoms with Gasteiger partial charge in [-0.25, -0.2) is 0 Å². The first-order chi connectivity index (χ1) is 9.73. The number of hydrogen-bond donors (Lipinski definition) is 1. The Morgan fingerprint density at radius 2 is 2.19 bits per heavy atom. The number of allylic oxidation sites excluding steroid dienone is 2. The highest BCUT2D eigenvalue weighted by molar-refractivity contribution is 5.67. The molecule has 4 nitrogen and oxygen atoms in total. The number of carbonyl (C=O) groups excluding carboxylic acids is 2. The molecule has 0 aromatic carbocycles. The maximum Gasteiger partial charge on any atom is 0.302 e. The number of carbonyl (C=O) groups is 2. The molecule has 4 heteroatoms. The van der Waals surface area contributed by atoms with Crippen LogP contribution >= 0.6 is 0 Å². The average molecular weight is 294 g/mol. The number of aldehydes is 1. The normalized spacial score (nSPS) is 38.7. The smallest absolute Gasteiger partial charge is 0.302 e. The fourth-order valence-corrected chi connectivity index (χ4v) is 4.47. The second-order valence-corrected chi connectivity index (χ2v) is 7.00. The number of esters is 1. The Morgan fingerprint density at radius 3 is 2.76 bits per heavy atom. The van der Waals surface area contributed by atoms with E-state index in [0.29, 0.717) is 18.6 Å². The Balaban J connectivity index is 2.50. The van der Waals surface area contributed by atoms with E-state index in [1.165, 1.54) is 19.4 Å². The predicted molar refractivity (Wildman–Crippen MR) is 79.6 cm³/mol. The largest absolute Gasteiger partial charge is 0.462 e. The molecule has 0 unspecified atom stereocenters. The summed E-state index contributed by atoms with van der Waals surface area (Å²) in [7, 11) is 0. The van der Waals surface area contributed by atoms with Crippen molar-refractivity contribution in [3.05, 3.63) is 11.6 Å². The second-order valence-electron chi connectivity index (χ2n) is 7.00.